The molecule has 0 saturated heterocycles. The molecule has 7 heteroatoms. The van der Waals surface area contributed by atoms with Crippen molar-refractivity contribution in [3.63, 3.8) is 0 Å². The van der Waals surface area contributed by atoms with E-state index in [9.17, 15) is 9.18 Å². The zero-order valence-corrected chi connectivity index (χ0v) is 13.4. The molecule has 0 bridgehead atoms. The van der Waals surface area contributed by atoms with Gasteiger partial charge in [0.2, 0.25) is 0 Å². The molecule has 126 valence electrons. The summed E-state index contributed by atoms with van der Waals surface area (Å²) in [6.45, 7) is 0.408. The fourth-order valence-corrected chi connectivity index (χ4v) is 2.40. The van der Waals surface area contributed by atoms with Crippen LogP contribution in [0, 0.1) is 5.82 Å². The number of halogens is 2. The molecule has 0 aliphatic carbocycles. The van der Waals surface area contributed by atoms with Gasteiger partial charge in [-0.2, -0.15) is 0 Å². The van der Waals surface area contributed by atoms with Crippen LogP contribution in [0.5, 0.6) is 17.2 Å². The van der Waals surface area contributed by atoms with E-state index < -0.39 is 5.82 Å². The van der Waals surface area contributed by atoms with Crippen LogP contribution in [0.2, 0.25) is 5.02 Å². The van der Waals surface area contributed by atoms with Crippen molar-refractivity contribution in [2.75, 3.05) is 19.8 Å². The van der Waals surface area contributed by atoms with E-state index in [1.807, 2.05) is 24.3 Å². The highest BCUT2D eigenvalue weighted by atomic mass is 35.5. The number of carbonyl (C=O) groups excluding carboxylic acids is 1. The summed E-state index contributed by atoms with van der Waals surface area (Å²) in [5.74, 6) is 0.787. The summed E-state index contributed by atoms with van der Waals surface area (Å²) in [7, 11) is 0. The number of hydrogen-bond acceptors (Lipinski definition) is 4. The number of ether oxygens (including phenoxy) is 3. The van der Waals surface area contributed by atoms with Gasteiger partial charge in [-0.25, -0.2) is 4.39 Å². The molecule has 1 atom stereocenters. The van der Waals surface area contributed by atoms with Crippen molar-refractivity contribution >= 4 is 17.5 Å². The van der Waals surface area contributed by atoms with Crippen molar-refractivity contribution < 1.29 is 23.4 Å². The number of rotatable bonds is 5. The van der Waals surface area contributed by atoms with E-state index >= 15 is 0 Å². The molecule has 2 aromatic rings. The van der Waals surface area contributed by atoms with Gasteiger partial charge in [0.25, 0.3) is 5.91 Å². The maximum atomic E-state index is 12.9. The highest BCUT2D eigenvalue weighted by Crippen LogP contribution is 2.30. The summed E-state index contributed by atoms with van der Waals surface area (Å²) in [5.41, 5.74) is 0. The standard InChI is InChI=1S/C17H15ClFNO4/c18-13-7-11(19)5-6-14(13)23-10-17(21)20-8-12-9-22-15-3-1-2-4-16(15)24-12/h1-7,12H,8-10H2,(H,20,21)/t12-/m0/s1. The Bertz CT molecular complexity index is 740. The smallest absolute Gasteiger partial charge is 0.258 e. The van der Waals surface area contributed by atoms with Crippen molar-refractivity contribution in [2.24, 2.45) is 0 Å². The van der Waals surface area contributed by atoms with E-state index in [4.69, 9.17) is 25.8 Å². The van der Waals surface area contributed by atoms with Gasteiger partial charge < -0.3 is 19.5 Å². The van der Waals surface area contributed by atoms with E-state index in [2.05, 4.69) is 5.32 Å². The molecule has 1 amide bonds. The van der Waals surface area contributed by atoms with Gasteiger partial charge in [0.05, 0.1) is 11.6 Å². The molecule has 1 N–H and O–H groups in total. The van der Waals surface area contributed by atoms with Gasteiger partial charge >= 0.3 is 0 Å². The summed E-state index contributed by atoms with van der Waals surface area (Å²) in [6, 6.07) is 11.1. The van der Waals surface area contributed by atoms with Gasteiger partial charge in [-0.1, -0.05) is 23.7 Å². The van der Waals surface area contributed by atoms with Crippen LogP contribution >= 0.6 is 11.6 Å². The molecule has 1 aliphatic rings. The molecular weight excluding hydrogens is 337 g/mol. The van der Waals surface area contributed by atoms with Crippen molar-refractivity contribution in [1.29, 1.82) is 0 Å². The van der Waals surface area contributed by atoms with Crippen molar-refractivity contribution in [1.82, 2.24) is 5.32 Å². The number of fused-ring (bicyclic) bond motifs is 1. The largest absolute Gasteiger partial charge is 0.486 e. The molecule has 2 aromatic carbocycles. The third-order valence-electron chi connectivity index (χ3n) is 3.35. The Morgan fingerprint density at radius 2 is 2.08 bits per heavy atom. The Balaban J connectivity index is 1.45. The summed E-state index contributed by atoms with van der Waals surface area (Å²) >= 11 is 5.83. The molecule has 24 heavy (non-hydrogen) atoms. The molecular formula is C17H15ClFNO4. The number of nitrogens with one attached hydrogen (secondary N) is 1. The molecule has 0 saturated carbocycles. The number of carbonyl (C=O) groups is 1. The lowest BCUT2D eigenvalue weighted by atomic mass is 10.2. The van der Waals surface area contributed by atoms with Crippen LogP contribution in [0.1, 0.15) is 0 Å². The Labute approximate surface area is 143 Å². The Morgan fingerprint density at radius 1 is 1.29 bits per heavy atom. The third kappa shape index (κ3) is 4.08. The first-order valence-corrected chi connectivity index (χ1v) is 7.72. The number of amides is 1. The third-order valence-corrected chi connectivity index (χ3v) is 3.64. The lowest BCUT2D eigenvalue weighted by Crippen LogP contribution is -2.42. The lowest BCUT2D eigenvalue weighted by Gasteiger charge is -2.26. The van der Waals surface area contributed by atoms with E-state index in [1.54, 1.807) is 0 Å². The molecule has 1 aliphatic heterocycles. The van der Waals surface area contributed by atoms with Crippen molar-refractivity contribution in [3.05, 3.63) is 53.3 Å². The second-order valence-corrected chi connectivity index (χ2v) is 5.57. The molecule has 3 rings (SSSR count). The molecule has 0 spiro atoms. The Kier molecular flexibility index (Phi) is 5.05. The number of benzene rings is 2. The van der Waals surface area contributed by atoms with Crippen LogP contribution in [-0.2, 0) is 4.79 Å². The highest BCUT2D eigenvalue weighted by Gasteiger charge is 2.21. The van der Waals surface area contributed by atoms with Crippen LogP contribution in [0.25, 0.3) is 0 Å². The van der Waals surface area contributed by atoms with E-state index in [0.717, 1.165) is 6.07 Å². The monoisotopic (exact) mass is 351 g/mol. The maximum Gasteiger partial charge on any atom is 0.258 e. The molecule has 5 nitrogen and oxygen atoms in total. The summed E-state index contributed by atoms with van der Waals surface area (Å²) < 4.78 is 29.5. The second kappa shape index (κ2) is 7.40. The lowest BCUT2D eigenvalue weighted by molar-refractivity contribution is -0.123. The Hall–Kier alpha value is -2.47. The molecule has 0 fully saturated rings. The average Bonchev–Trinajstić information content (AvgIpc) is 2.59. The quantitative estimate of drug-likeness (QED) is 0.900. The highest BCUT2D eigenvalue weighted by molar-refractivity contribution is 6.32. The minimum Gasteiger partial charge on any atom is -0.486 e. The Morgan fingerprint density at radius 3 is 2.88 bits per heavy atom. The predicted octanol–water partition coefficient (Wildman–Crippen LogP) is 2.81. The molecule has 0 unspecified atom stereocenters. The number of hydrogen-bond donors (Lipinski definition) is 1. The zero-order valence-electron chi connectivity index (χ0n) is 12.6. The van der Waals surface area contributed by atoms with Crippen molar-refractivity contribution in [2.45, 2.75) is 6.10 Å². The molecule has 0 aromatic heterocycles. The van der Waals surface area contributed by atoms with Gasteiger partial charge in [0, 0.05) is 0 Å². The van der Waals surface area contributed by atoms with E-state index in [-0.39, 0.29) is 35.9 Å². The predicted molar refractivity (Wildman–Crippen MR) is 86.3 cm³/mol. The average molecular weight is 352 g/mol. The van der Waals surface area contributed by atoms with Gasteiger partial charge in [0.15, 0.2) is 18.1 Å². The number of para-hydroxylation sites is 2. The van der Waals surface area contributed by atoms with E-state index in [1.165, 1.54) is 12.1 Å². The summed E-state index contributed by atoms with van der Waals surface area (Å²) in [4.78, 5) is 11.8. The first-order chi connectivity index (χ1) is 11.6. The normalized spacial score (nSPS) is 15.7. The minimum absolute atomic E-state index is 0.114. The first-order valence-electron chi connectivity index (χ1n) is 7.35. The van der Waals surface area contributed by atoms with Crippen LogP contribution < -0.4 is 19.5 Å². The van der Waals surface area contributed by atoms with Crippen LogP contribution in [0.15, 0.2) is 42.5 Å². The maximum absolute atomic E-state index is 12.9. The fourth-order valence-electron chi connectivity index (χ4n) is 2.18. The van der Waals surface area contributed by atoms with Gasteiger partial charge in [0.1, 0.15) is 24.3 Å². The minimum atomic E-state index is -0.466. The summed E-state index contributed by atoms with van der Waals surface area (Å²) in [5, 5.41) is 2.81. The van der Waals surface area contributed by atoms with Gasteiger partial charge in [-0.3, -0.25) is 4.79 Å². The first kappa shape index (κ1) is 16.4. The van der Waals surface area contributed by atoms with E-state index in [0.29, 0.717) is 18.1 Å². The summed E-state index contributed by atoms with van der Waals surface area (Å²) in [6.07, 6.45) is -0.279. The van der Waals surface area contributed by atoms with Crippen LogP contribution in [-0.4, -0.2) is 31.8 Å². The van der Waals surface area contributed by atoms with Crippen LogP contribution in [0.3, 0.4) is 0 Å². The zero-order chi connectivity index (χ0) is 16.9. The van der Waals surface area contributed by atoms with Crippen molar-refractivity contribution in [3.8, 4) is 17.2 Å². The second-order valence-electron chi connectivity index (χ2n) is 5.17. The van der Waals surface area contributed by atoms with Gasteiger partial charge in [-0.05, 0) is 30.3 Å². The van der Waals surface area contributed by atoms with Crippen LogP contribution in [0.4, 0.5) is 4.39 Å². The topological polar surface area (TPSA) is 56.8 Å². The molecule has 1 heterocycles. The van der Waals surface area contributed by atoms with Gasteiger partial charge in [-0.15, -0.1) is 0 Å². The SMILES string of the molecule is O=C(COc1ccc(F)cc1Cl)NC[C@H]1COc2ccccc2O1. The molecule has 0 radical (unpaired) electrons. The fraction of sp³-hybridized carbons (Fsp3) is 0.235.